The second-order valence-corrected chi connectivity index (χ2v) is 4.82. The Bertz CT molecular complexity index is 592. The smallest absolute Gasteiger partial charge is 0.165 e. The van der Waals surface area contributed by atoms with Crippen molar-refractivity contribution in [2.24, 2.45) is 5.84 Å². The quantitative estimate of drug-likeness (QED) is 0.657. The Balaban J connectivity index is 2.24. The van der Waals surface area contributed by atoms with Gasteiger partial charge in [0.2, 0.25) is 0 Å². The summed E-state index contributed by atoms with van der Waals surface area (Å²) in [5, 5.41) is 0.668. The van der Waals surface area contributed by atoms with Gasteiger partial charge in [-0.3, -0.25) is 11.3 Å². The zero-order valence-electron chi connectivity index (χ0n) is 11.1. The van der Waals surface area contributed by atoms with Crippen LogP contribution in [-0.4, -0.2) is 7.11 Å². The highest BCUT2D eigenvalue weighted by Crippen LogP contribution is 2.26. The Kier molecular flexibility index (Phi) is 4.95. The molecule has 2 rings (SSSR count). The van der Waals surface area contributed by atoms with E-state index in [0.717, 1.165) is 11.1 Å². The van der Waals surface area contributed by atoms with E-state index in [4.69, 9.17) is 22.2 Å². The fraction of sp³-hybridized carbons (Fsp3) is 0.200. The molecule has 0 aliphatic carbocycles. The van der Waals surface area contributed by atoms with Gasteiger partial charge in [0.05, 0.1) is 13.2 Å². The minimum absolute atomic E-state index is 0.210. The number of rotatable bonds is 5. The summed E-state index contributed by atoms with van der Waals surface area (Å²) in [6.07, 6.45) is 0.571. The first kappa shape index (κ1) is 14.8. The summed E-state index contributed by atoms with van der Waals surface area (Å²) >= 11 is 6.13. The monoisotopic (exact) mass is 294 g/mol. The van der Waals surface area contributed by atoms with E-state index in [2.05, 4.69) is 5.43 Å². The molecule has 5 heteroatoms. The van der Waals surface area contributed by atoms with Crippen LogP contribution in [0.4, 0.5) is 4.39 Å². The Hall–Kier alpha value is -1.62. The number of ether oxygens (including phenoxy) is 1. The van der Waals surface area contributed by atoms with E-state index < -0.39 is 5.82 Å². The van der Waals surface area contributed by atoms with Crippen molar-refractivity contribution < 1.29 is 9.13 Å². The first-order chi connectivity index (χ1) is 9.65. The summed E-state index contributed by atoms with van der Waals surface area (Å²) in [7, 11) is 1.43. The average molecular weight is 295 g/mol. The van der Waals surface area contributed by atoms with Gasteiger partial charge in [-0.15, -0.1) is 0 Å². The fourth-order valence-electron chi connectivity index (χ4n) is 2.06. The third-order valence-electron chi connectivity index (χ3n) is 3.16. The molecule has 2 aromatic rings. The lowest BCUT2D eigenvalue weighted by molar-refractivity contribution is 0.385. The molecule has 106 valence electrons. The van der Waals surface area contributed by atoms with Crippen LogP contribution < -0.4 is 16.0 Å². The fourth-order valence-corrected chi connectivity index (χ4v) is 2.27. The van der Waals surface area contributed by atoms with Crippen molar-refractivity contribution in [1.82, 2.24) is 5.43 Å². The van der Waals surface area contributed by atoms with Crippen molar-refractivity contribution in [1.29, 1.82) is 0 Å². The topological polar surface area (TPSA) is 47.3 Å². The van der Waals surface area contributed by atoms with Crippen molar-refractivity contribution in [3.8, 4) is 5.75 Å². The zero-order chi connectivity index (χ0) is 14.5. The largest absolute Gasteiger partial charge is 0.494 e. The summed E-state index contributed by atoms with van der Waals surface area (Å²) in [6, 6.07) is 12.1. The van der Waals surface area contributed by atoms with Crippen molar-refractivity contribution >= 4 is 11.6 Å². The lowest BCUT2D eigenvalue weighted by atomic mass is 9.99. The summed E-state index contributed by atoms with van der Waals surface area (Å²) in [4.78, 5) is 0. The number of hydrazine groups is 1. The number of nitrogens with two attached hydrogens (primary N) is 1. The zero-order valence-corrected chi connectivity index (χ0v) is 11.8. The van der Waals surface area contributed by atoms with Crippen LogP contribution in [0.5, 0.6) is 5.75 Å². The van der Waals surface area contributed by atoms with E-state index >= 15 is 0 Å². The number of halogens is 2. The molecule has 0 amide bonds. The van der Waals surface area contributed by atoms with Gasteiger partial charge in [-0.05, 0) is 35.7 Å². The molecule has 20 heavy (non-hydrogen) atoms. The van der Waals surface area contributed by atoms with E-state index in [-0.39, 0.29) is 11.8 Å². The van der Waals surface area contributed by atoms with E-state index in [9.17, 15) is 4.39 Å². The molecule has 0 aliphatic heterocycles. The van der Waals surface area contributed by atoms with Gasteiger partial charge >= 0.3 is 0 Å². The molecule has 0 saturated carbocycles. The van der Waals surface area contributed by atoms with Gasteiger partial charge in [-0.2, -0.15) is 0 Å². The molecular weight excluding hydrogens is 279 g/mol. The Labute approximate surface area is 122 Å². The Morgan fingerprint density at radius 3 is 2.65 bits per heavy atom. The SMILES string of the molecule is COc1ccc(C(Cc2ccccc2Cl)NN)cc1F. The molecule has 1 unspecified atom stereocenters. The summed E-state index contributed by atoms with van der Waals surface area (Å²) < 4.78 is 18.6. The normalized spacial score (nSPS) is 12.2. The van der Waals surface area contributed by atoms with Crippen LogP contribution in [0.2, 0.25) is 5.02 Å². The highest BCUT2D eigenvalue weighted by Gasteiger charge is 2.14. The van der Waals surface area contributed by atoms with Crippen molar-refractivity contribution in [3.63, 3.8) is 0 Å². The molecule has 0 heterocycles. The molecule has 1 atom stereocenters. The molecule has 3 N–H and O–H groups in total. The maximum Gasteiger partial charge on any atom is 0.165 e. The van der Waals surface area contributed by atoms with Crippen LogP contribution in [0.15, 0.2) is 42.5 Å². The first-order valence-electron chi connectivity index (χ1n) is 6.18. The first-order valence-corrected chi connectivity index (χ1v) is 6.56. The predicted molar refractivity (Wildman–Crippen MR) is 78.2 cm³/mol. The Morgan fingerprint density at radius 1 is 1.30 bits per heavy atom. The van der Waals surface area contributed by atoms with Gasteiger partial charge in [0, 0.05) is 5.02 Å². The maximum atomic E-state index is 13.7. The number of nitrogens with one attached hydrogen (secondary N) is 1. The van der Waals surface area contributed by atoms with Crippen molar-refractivity contribution in [2.45, 2.75) is 12.5 Å². The van der Waals surface area contributed by atoms with Crippen molar-refractivity contribution in [2.75, 3.05) is 7.11 Å². The van der Waals surface area contributed by atoms with Crippen LogP contribution in [0.1, 0.15) is 17.2 Å². The van der Waals surface area contributed by atoms with Gasteiger partial charge in [0.1, 0.15) is 0 Å². The minimum atomic E-state index is -0.413. The van der Waals surface area contributed by atoms with Crippen LogP contribution in [0.3, 0.4) is 0 Å². The van der Waals surface area contributed by atoms with Gasteiger partial charge in [-0.25, -0.2) is 4.39 Å². The van der Waals surface area contributed by atoms with E-state index in [1.165, 1.54) is 13.2 Å². The molecule has 0 spiro atoms. The second kappa shape index (κ2) is 6.70. The lowest BCUT2D eigenvalue weighted by Gasteiger charge is -2.18. The Morgan fingerprint density at radius 2 is 2.05 bits per heavy atom. The number of hydrogen-bond donors (Lipinski definition) is 2. The van der Waals surface area contributed by atoms with E-state index in [0.29, 0.717) is 11.4 Å². The van der Waals surface area contributed by atoms with Crippen molar-refractivity contribution in [3.05, 3.63) is 64.4 Å². The summed E-state index contributed by atoms with van der Waals surface area (Å²) in [5.74, 6) is 5.37. The molecule has 0 fully saturated rings. The minimum Gasteiger partial charge on any atom is -0.494 e. The number of benzene rings is 2. The van der Waals surface area contributed by atoms with Gasteiger partial charge < -0.3 is 4.74 Å². The van der Waals surface area contributed by atoms with Gasteiger partial charge in [0.15, 0.2) is 11.6 Å². The lowest BCUT2D eigenvalue weighted by Crippen LogP contribution is -2.29. The van der Waals surface area contributed by atoms with Crippen LogP contribution in [0.25, 0.3) is 0 Å². The number of hydrogen-bond acceptors (Lipinski definition) is 3. The molecular formula is C15H16ClFN2O. The standard InChI is InChI=1S/C15H16ClFN2O/c1-20-15-7-6-11(8-13(15)17)14(19-18)9-10-4-2-3-5-12(10)16/h2-8,14,19H,9,18H2,1H3. The number of methoxy groups -OCH3 is 1. The summed E-state index contributed by atoms with van der Waals surface area (Å²) in [5.41, 5.74) is 4.39. The van der Waals surface area contributed by atoms with Crippen LogP contribution in [-0.2, 0) is 6.42 Å². The molecule has 0 saturated heterocycles. The van der Waals surface area contributed by atoms with Crippen LogP contribution >= 0.6 is 11.6 Å². The molecule has 0 radical (unpaired) electrons. The second-order valence-electron chi connectivity index (χ2n) is 4.41. The predicted octanol–water partition coefficient (Wildman–Crippen LogP) is 3.23. The highest BCUT2D eigenvalue weighted by atomic mass is 35.5. The molecule has 0 aliphatic rings. The molecule has 0 bridgehead atoms. The van der Waals surface area contributed by atoms with Gasteiger partial charge in [-0.1, -0.05) is 35.9 Å². The molecule has 3 nitrogen and oxygen atoms in total. The van der Waals surface area contributed by atoms with Crippen LogP contribution in [0, 0.1) is 5.82 Å². The van der Waals surface area contributed by atoms with E-state index in [1.54, 1.807) is 12.1 Å². The van der Waals surface area contributed by atoms with Gasteiger partial charge in [0.25, 0.3) is 0 Å². The summed E-state index contributed by atoms with van der Waals surface area (Å²) in [6.45, 7) is 0. The van der Waals surface area contributed by atoms with E-state index in [1.807, 2.05) is 24.3 Å². The third-order valence-corrected chi connectivity index (χ3v) is 3.53. The third kappa shape index (κ3) is 3.28. The average Bonchev–Trinajstić information content (AvgIpc) is 2.46. The highest BCUT2D eigenvalue weighted by molar-refractivity contribution is 6.31. The molecule has 2 aromatic carbocycles. The molecule has 0 aromatic heterocycles. The maximum absolute atomic E-state index is 13.7.